The molecule has 0 atom stereocenters. The standard InChI is InChI=1S/C14H21N5O4S.ClH/c1-4-14(15,5-2)8-17-24(22,23)9-6-10-11(16-7-9)19(3)13(21)18-12(10)20;/h6-7,17H,4-5,8,15H2,1-3H3,(H,18,20,21);1H. The van der Waals surface area contributed by atoms with Gasteiger partial charge in [-0.05, 0) is 18.9 Å². The van der Waals surface area contributed by atoms with Crippen LogP contribution in [-0.2, 0) is 17.1 Å². The maximum atomic E-state index is 12.4. The van der Waals surface area contributed by atoms with Crippen molar-refractivity contribution in [2.24, 2.45) is 12.8 Å². The minimum Gasteiger partial charge on any atom is -0.324 e. The van der Waals surface area contributed by atoms with Crippen molar-refractivity contribution in [2.45, 2.75) is 37.1 Å². The molecule has 2 aromatic heterocycles. The SMILES string of the molecule is CCC(N)(CC)CNS(=O)(=O)c1cnc2c(c1)c(=O)[nH]c(=O)n2C.Cl. The number of nitrogens with one attached hydrogen (secondary N) is 2. The first-order chi connectivity index (χ1) is 11.1. The molecular formula is C14H22ClN5O4S. The quantitative estimate of drug-likeness (QED) is 0.625. The van der Waals surface area contributed by atoms with Crippen molar-refractivity contribution in [1.29, 1.82) is 0 Å². The van der Waals surface area contributed by atoms with Gasteiger partial charge in [0.05, 0.1) is 5.39 Å². The van der Waals surface area contributed by atoms with Crippen LogP contribution < -0.4 is 21.7 Å². The fraction of sp³-hybridized carbons (Fsp3) is 0.500. The minimum absolute atomic E-state index is 0. The number of halogens is 1. The molecule has 0 aliphatic carbocycles. The van der Waals surface area contributed by atoms with Crippen molar-refractivity contribution < 1.29 is 8.42 Å². The number of hydrogen-bond donors (Lipinski definition) is 3. The summed E-state index contributed by atoms with van der Waals surface area (Å²) in [6.45, 7) is 3.84. The van der Waals surface area contributed by atoms with Crippen LogP contribution in [0.3, 0.4) is 0 Å². The molecule has 0 unspecified atom stereocenters. The van der Waals surface area contributed by atoms with Crippen LogP contribution >= 0.6 is 12.4 Å². The molecule has 4 N–H and O–H groups in total. The lowest BCUT2D eigenvalue weighted by Gasteiger charge is -2.26. The third-order valence-electron chi connectivity index (χ3n) is 4.26. The van der Waals surface area contributed by atoms with E-state index in [-0.39, 0.29) is 34.9 Å². The molecule has 140 valence electrons. The summed E-state index contributed by atoms with van der Waals surface area (Å²) >= 11 is 0. The second-order valence-electron chi connectivity index (χ2n) is 5.75. The highest BCUT2D eigenvalue weighted by Gasteiger charge is 2.24. The van der Waals surface area contributed by atoms with Gasteiger partial charge in [0.1, 0.15) is 10.5 Å². The number of aryl methyl sites for hydroxylation is 1. The molecule has 2 heterocycles. The predicted molar refractivity (Wildman–Crippen MR) is 97.5 cm³/mol. The molecule has 0 aliphatic heterocycles. The summed E-state index contributed by atoms with van der Waals surface area (Å²) < 4.78 is 28.5. The molecule has 0 spiro atoms. The monoisotopic (exact) mass is 391 g/mol. The van der Waals surface area contributed by atoms with Crippen LogP contribution in [-0.4, -0.2) is 35.0 Å². The second-order valence-corrected chi connectivity index (χ2v) is 7.52. The third-order valence-corrected chi connectivity index (χ3v) is 5.63. The highest BCUT2D eigenvalue weighted by atomic mass is 35.5. The van der Waals surface area contributed by atoms with Crippen molar-refractivity contribution >= 4 is 33.5 Å². The van der Waals surface area contributed by atoms with Gasteiger partial charge >= 0.3 is 5.69 Å². The molecule has 2 rings (SSSR count). The van der Waals surface area contributed by atoms with Gasteiger partial charge in [0.2, 0.25) is 10.0 Å². The number of nitrogens with zero attached hydrogens (tertiary/aromatic N) is 2. The summed E-state index contributed by atoms with van der Waals surface area (Å²) in [7, 11) is -2.44. The van der Waals surface area contributed by atoms with Gasteiger partial charge in [-0.3, -0.25) is 14.3 Å². The number of pyridine rings is 1. The van der Waals surface area contributed by atoms with E-state index in [1.807, 2.05) is 13.8 Å². The predicted octanol–water partition coefficient (Wildman–Crippen LogP) is -0.161. The second kappa shape index (κ2) is 7.65. The Bertz CT molecular complexity index is 979. The number of aromatic nitrogens is 3. The first kappa shape index (κ1) is 21.3. The van der Waals surface area contributed by atoms with Gasteiger partial charge in [-0.15, -0.1) is 12.4 Å². The van der Waals surface area contributed by atoms with Crippen LogP contribution in [0.4, 0.5) is 0 Å². The number of H-pyrrole nitrogens is 1. The summed E-state index contributed by atoms with van der Waals surface area (Å²) in [5, 5.41) is 0.0185. The number of fused-ring (bicyclic) bond motifs is 1. The highest BCUT2D eigenvalue weighted by molar-refractivity contribution is 7.89. The molecular weight excluding hydrogens is 370 g/mol. The molecule has 25 heavy (non-hydrogen) atoms. The molecule has 0 saturated heterocycles. The number of hydrogen-bond acceptors (Lipinski definition) is 6. The maximum Gasteiger partial charge on any atom is 0.329 e. The van der Waals surface area contributed by atoms with E-state index in [1.54, 1.807) is 0 Å². The Labute approximate surface area is 151 Å². The smallest absolute Gasteiger partial charge is 0.324 e. The lowest BCUT2D eigenvalue weighted by Crippen LogP contribution is -2.49. The molecule has 0 aromatic carbocycles. The fourth-order valence-electron chi connectivity index (χ4n) is 2.19. The molecule has 0 aliphatic rings. The van der Waals surface area contributed by atoms with E-state index >= 15 is 0 Å². The van der Waals surface area contributed by atoms with Gasteiger partial charge in [0, 0.05) is 25.3 Å². The topological polar surface area (TPSA) is 140 Å². The zero-order valence-electron chi connectivity index (χ0n) is 14.2. The van der Waals surface area contributed by atoms with Crippen molar-refractivity contribution in [3.63, 3.8) is 0 Å². The number of aromatic amines is 1. The summed E-state index contributed by atoms with van der Waals surface area (Å²) in [5.74, 6) is 0. The first-order valence-corrected chi connectivity index (χ1v) is 8.99. The largest absolute Gasteiger partial charge is 0.329 e. The fourth-order valence-corrected chi connectivity index (χ4v) is 3.29. The molecule has 2 aromatic rings. The third kappa shape index (κ3) is 4.27. The number of nitrogens with two attached hydrogens (primary N) is 1. The van der Waals surface area contributed by atoms with E-state index in [0.717, 1.165) is 10.8 Å². The summed E-state index contributed by atoms with van der Waals surface area (Å²) in [4.78, 5) is 29.3. The number of sulfonamides is 1. The average Bonchev–Trinajstić information content (AvgIpc) is 2.57. The summed E-state index contributed by atoms with van der Waals surface area (Å²) in [6, 6.07) is 1.19. The van der Waals surface area contributed by atoms with Crippen LogP contribution in [0.1, 0.15) is 26.7 Å². The van der Waals surface area contributed by atoms with Gasteiger partial charge in [0.25, 0.3) is 5.56 Å². The lowest BCUT2D eigenvalue weighted by molar-refractivity contribution is 0.392. The molecule has 0 bridgehead atoms. The molecule has 0 amide bonds. The van der Waals surface area contributed by atoms with Crippen molar-refractivity contribution in [3.8, 4) is 0 Å². The van der Waals surface area contributed by atoms with E-state index in [0.29, 0.717) is 12.8 Å². The molecule has 11 heteroatoms. The molecule has 0 radical (unpaired) electrons. The maximum absolute atomic E-state index is 12.4. The zero-order valence-corrected chi connectivity index (χ0v) is 15.8. The normalized spacial score (nSPS) is 12.2. The van der Waals surface area contributed by atoms with Gasteiger partial charge in [0.15, 0.2) is 0 Å². The van der Waals surface area contributed by atoms with Crippen LogP contribution in [0.25, 0.3) is 11.0 Å². The average molecular weight is 392 g/mol. The lowest BCUT2D eigenvalue weighted by atomic mass is 9.95. The minimum atomic E-state index is -3.88. The van der Waals surface area contributed by atoms with Crippen molar-refractivity contribution in [3.05, 3.63) is 33.1 Å². The Morgan fingerprint density at radius 2 is 1.92 bits per heavy atom. The van der Waals surface area contributed by atoms with E-state index in [2.05, 4.69) is 14.7 Å². The Balaban J connectivity index is 0.00000312. The van der Waals surface area contributed by atoms with E-state index < -0.39 is 26.8 Å². The summed E-state index contributed by atoms with van der Waals surface area (Å²) in [6.07, 6.45) is 2.34. The molecule has 9 nitrogen and oxygen atoms in total. The Morgan fingerprint density at radius 3 is 2.48 bits per heavy atom. The Hall–Kier alpha value is -1.75. The van der Waals surface area contributed by atoms with Gasteiger partial charge in [-0.1, -0.05) is 13.8 Å². The van der Waals surface area contributed by atoms with Crippen molar-refractivity contribution in [1.82, 2.24) is 19.3 Å². The highest BCUT2D eigenvalue weighted by Crippen LogP contribution is 2.15. The molecule has 0 saturated carbocycles. The van der Waals surface area contributed by atoms with Crippen LogP contribution in [0.15, 0.2) is 26.7 Å². The van der Waals surface area contributed by atoms with Crippen LogP contribution in [0.5, 0.6) is 0 Å². The van der Waals surface area contributed by atoms with Crippen LogP contribution in [0.2, 0.25) is 0 Å². The van der Waals surface area contributed by atoms with E-state index in [1.165, 1.54) is 13.1 Å². The van der Waals surface area contributed by atoms with Crippen LogP contribution in [0, 0.1) is 0 Å². The summed E-state index contributed by atoms with van der Waals surface area (Å²) in [5.41, 5.74) is 4.26. The zero-order chi connectivity index (χ0) is 18.1. The Morgan fingerprint density at radius 1 is 1.32 bits per heavy atom. The van der Waals surface area contributed by atoms with Gasteiger partial charge < -0.3 is 5.73 Å². The van der Waals surface area contributed by atoms with Crippen molar-refractivity contribution in [2.75, 3.05) is 6.54 Å². The first-order valence-electron chi connectivity index (χ1n) is 7.51. The van der Waals surface area contributed by atoms with E-state index in [4.69, 9.17) is 5.73 Å². The van der Waals surface area contributed by atoms with Gasteiger partial charge in [-0.25, -0.2) is 22.9 Å². The molecule has 0 fully saturated rings. The number of rotatable bonds is 6. The van der Waals surface area contributed by atoms with E-state index in [9.17, 15) is 18.0 Å². The van der Waals surface area contributed by atoms with Gasteiger partial charge in [-0.2, -0.15) is 0 Å². The Kier molecular flexibility index (Phi) is 6.51.